The monoisotopic (exact) mass is 479 g/mol. The van der Waals surface area contributed by atoms with Crippen molar-refractivity contribution in [2.24, 2.45) is 10.8 Å². The Morgan fingerprint density at radius 3 is 1.89 bits per heavy atom. The van der Waals surface area contributed by atoms with Gasteiger partial charge in [0.15, 0.2) is 23.1 Å². The maximum Gasteiger partial charge on any atom is 0.162 e. The van der Waals surface area contributed by atoms with Gasteiger partial charge in [0.25, 0.3) is 0 Å². The average Bonchev–Trinajstić information content (AvgIpc) is 2.75. The summed E-state index contributed by atoms with van der Waals surface area (Å²) in [6.07, 6.45) is 3.57. The molecule has 1 aromatic rings. The van der Waals surface area contributed by atoms with Crippen LogP contribution in [0.15, 0.2) is 40.7 Å². The first-order valence-corrected chi connectivity index (χ1v) is 13.2. The van der Waals surface area contributed by atoms with Crippen molar-refractivity contribution in [3.05, 3.63) is 46.3 Å². The lowest BCUT2D eigenvalue weighted by molar-refractivity contribution is -0.119. The number of Topliss-reactive ketones (excluding diaryl/α,β-unsaturated/α-hetero) is 2. The summed E-state index contributed by atoms with van der Waals surface area (Å²) >= 11 is 0. The quantitative estimate of drug-likeness (QED) is 0.442. The van der Waals surface area contributed by atoms with Crippen LogP contribution in [0, 0.1) is 10.8 Å². The van der Waals surface area contributed by atoms with Gasteiger partial charge in [0.05, 0.1) is 13.2 Å². The fourth-order valence-electron chi connectivity index (χ4n) is 6.07. The molecule has 3 aliphatic rings. The molecule has 1 aromatic carbocycles. The molecule has 0 spiro atoms. The van der Waals surface area contributed by atoms with Crippen LogP contribution in [0.2, 0.25) is 0 Å². The van der Waals surface area contributed by atoms with Crippen molar-refractivity contribution in [1.82, 2.24) is 4.90 Å². The van der Waals surface area contributed by atoms with Crippen LogP contribution in [-0.4, -0.2) is 36.2 Å². The molecule has 1 aliphatic heterocycles. The smallest absolute Gasteiger partial charge is 0.162 e. The Hall–Kier alpha value is -2.56. The van der Waals surface area contributed by atoms with Gasteiger partial charge in [-0.15, -0.1) is 0 Å². The van der Waals surface area contributed by atoms with Crippen LogP contribution in [0.25, 0.3) is 0 Å². The second kappa shape index (κ2) is 9.48. The molecular weight excluding hydrogens is 438 g/mol. The number of rotatable bonds is 7. The molecule has 0 N–H and O–H groups in total. The first-order valence-electron chi connectivity index (χ1n) is 13.2. The summed E-state index contributed by atoms with van der Waals surface area (Å²) in [5, 5.41) is 0. The number of ketones is 2. The minimum atomic E-state index is -0.352. The van der Waals surface area contributed by atoms with E-state index in [1.807, 2.05) is 25.1 Å². The van der Waals surface area contributed by atoms with Gasteiger partial charge < -0.3 is 14.4 Å². The predicted molar refractivity (Wildman–Crippen MR) is 139 cm³/mol. The third kappa shape index (κ3) is 4.79. The Morgan fingerprint density at radius 1 is 0.829 bits per heavy atom. The molecule has 1 heterocycles. The van der Waals surface area contributed by atoms with Crippen LogP contribution in [0.4, 0.5) is 0 Å². The lowest BCUT2D eigenvalue weighted by Crippen LogP contribution is -2.44. The summed E-state index contributed by atoms with van der Waals surface area (Å²) < 4.78 is 11.9. The summed E-state index contributed by atoms with van der Waals surface area (Å²) in [6.45, 7) is 16.7. The number of hydrogen-bond donors (Lipinski definition) is 0. The SMILES string of the molecule is CCCOc1ccc(C2C3=C(CC(C)(C)CC3=O)N(CC)C3=C2C(=O)CC(C)(C)C3)cc1OCC. The highest BCUT2D eigenvalue weighted by molar-refractivity contribution is 6.06. The van der Waals surface area contributed by atoms with Crippen LogP contribution < -0.4 is 9.47 Å². The van der Waals surface area contributed by atoms with E-state index in [4.69, 9.17) is 9.47 Å². The van der Waals surface area contributed by atoms with Crippen molar-refractivity contribution < 1.29 is 19.1 Å². The molecule has 35 heavy (non-hydrogen) atoms. The van der Waals surface area contributed by atoms with Crippen LogP contribution in [-0.2, 0) is 9.59 Å². The van der Waals surface area contributed by atoms with Crippen molar-refractivity contribution >= 4 is 11.6 Å². The van der Waals surface area contributed by atoms with Crippen molar-refractivity contribution in [3.8, 4) is 11.5 Å². The second-order valence-electron chi connectivity index (χ2n) is 11.8. The van der Waals surface area contributed by atoms with Gasteiger partial charge in [0.1, 0.15) is 0 Å². The highest BCUT2D eigenvalue weighted by atomic mass is 16.5. The molecule has 0 atom stereocenters. The number of hydrogen-bond acceptors (Lipinski definition) is 5. The normalized spacial score (nSPS) is 21.7. The van der Waals surface area contributed by atoms with E-state index in [-0.39, 0.29) is 28.3 Å². The molecular formula is C30H41NO4. The summed E-state index contributed by atoms with van der Waals surface area (Å²) in [5.41, 5.74) is 4.56. The zero-order valence-electron chi connectivity index (χ0n) is 22.5. The van der Waals surface area contributed by atoms with E-state index in [1.54, 1.807) is 0 Å². The Balaban J connectivity index is 1.94. The van der Waals surface area contributed by atoms with Crippen LogP contribution >= 0.6 is 0 Å². The minimum absolute atomic E-state index is 0.103. The van der Waals surface area contributed by atoms with Crippen molar-refractivity contribution in [2.75, 3.05) is 19.8 Å². The Labute approximate surface area is 210 Å². The largest absolute Gasteiger partial charge is 0.490 e. The molecule has 0 saturated carbocycles. The minimum Gasteiger partial charge on any atom is -0.490 e. The topological polar surface area (TPSA) is 55.8 Å². The van der Waals surface area contributed by atoms with Gasteiger partial charge in [0, 0.05) is 47.8 Å². The molecule has 190 valence electrons. The van der Waals surface area contributed by atoms with Gasteiger partial charge in [-0.3, -0.25) is 9.59 Å². The zero-order valence-corrected chi connectivity index (χ0v) is 22.5. The van der Waals surface area contributed by atoms with E-state index < -0.39 is 0 Å². The molecule has 4 rings (SSSR count). The lowest BCUT2D eigenvalue weighted by Gasteiger charge is -2.48. The van der Waals surface area contributed by atoms with E-state index in [9.17, 15) is 9.59 Å². The molecule has 0 fully saturated rings. The number of allylic oxidation sites excluding steroid dienone is 4. The summed E-state index contributed by atoms with van der Waals surface area (Å²) in [5.74, 6) is 1.35. The maximum absolute atomic E-state index is 13.7. The molecule has 5 nitrogen and oxygen atoms in total. The Kier molecular flexibility index (Phi) is 6.91. The number of benzene rings is 1. The fraction of sp³-hybridized carbons (Fsp3) is 0.600. The molecule has 0 bridgehead atoms. The number of nitrogens with zero attached hydrogens (tertiary/aromatic N) is 1. The van der Waals surface area contributed by atoms with Crippen molar-refractivity contribution in [3.63, 3.8) is 0 Å². The first-order chi connectivity index (χ1) is 16.5. The van der Waals surface area contributed by atoms with E-state index in [2.05, 4.69) is 46.4 Å². The van der Waals surface area contributed by atoms with Crippen molar-refractivity contribution in [1.29, 1.82) is 0 Å². The molecule has 2 aliphatic carbocycles. The summed E-state index contributed by atoms with van der Waals surface area (Å²) in [7, 11) is 0. The highest BCUT2D eigenvalue weighted by Crippen LogP contribution is 2.54. The van der Waals surface area contributed by atoms with Gasteiger partial charge in [-0.1, -0.05) is 40.7 Å². The van der Waals surface area contributed by atoms with Gasteiger partial charge in [0.2, 0.25) is 0 Å². The van der Waals surface area contributed by atoms with Crippen LogP contribution in [0.5, 0.6) is 11.5 Å². The number of carbonyl (C=O) groups excluding carboxylic acids is 2. The van der Waals surface area contributed by atoms with Crippen molar-refractivity contribution in [2.45, 2.75) is 86.5 Å². The molecule has 5 heteroatoms. The first kappa shape index (κ1) is 25.5. The molecule has 0 radical (unpaired) electrons. The third-order valence-electron chi connectivity index (χ3n) is 7.40. The van der Waals surface area contributed by atoms with Crippen LogP contribution in [0.3, 0.4) is 0 Å². The van der Waals surface area contributed by atoms with Gasteiger partial charge in [-0.2, -0.15) is 0 Å². The fourth-order valence-corrected chi connectivity index (χ4v) is 6.07. The number of carbonyl (C=O) groups is 2. The van der Waals surface area contributed by atoms with Gasteiger partial charge in [-0.25, -0.2) is 0 Å². The average molecular weight is 480 g/mol. The Morgan fingerprint density at radius 2 is 1.40 bits per heavy atom. The second-order valence-corrected chi connectivity index (χ2v) is 11.8. The summed E-state index contributed by atoms with van der Waals surface area (Å²) in [4.78, 5) is 29.8. The molecule has 0 unspecified atom stereocenters. The predicted octanol–water partition coefficient (Wildman–Crippen LogP) is 6.58. The lowest BCUT2D eigenvalue weighted by atomic mass is 9.63. The van der Waals surface area contributed by atoms with E-state index in [0.29, 0.717) is 37.6 Å². The molecule has 0 amide bonds. The Bertz CT molecular complexity index is 1040. The standard InChI is InChI=1S/C30H41NO4/c1-8-13-35-24-12-11-19(14-25(24)34-10-3)26-27-20(15-29(4,5)17-22(27)32)31(9-2)21-16-30(6,7)18-23(33)28(21)26/h11-12,14,26H,8-10,13,15-18H2,1-7H3. The number of ether oxygens (including phenoxy) is 2. The van der Waals surface area contributed by atoms with E-state index >= 15 is 0 Å². The maximum atomic E-state index is 13.7. The third-order valence-corrected chi connectivity index (χ3v) is 7.40. The van der Waals surface area contributed by atoms with Gasteiger partial charge in [-0.05, 0) is 61.6 Å². The van der Waals surface area contributed by atoms with E-state index in [1.165, 1.54) is 0 Å². The highest BCUT2D eigenvalue weighted by Gasteiger charge is 2.48. The molecule has 0 aromatic heterocycles. The van der Waals surface area contributed by atoms with Crippen LogP contribution in [0.1, 0.15) is 92.1 Å². The van der Waals surface area contributed by atoms with Gasteiger partial charge >= 0.3 is 0 Å². The molecule has 0 saturated heterocycles. The summed E-state index contributed by atoms with van der Waals surface area (Å²) in [6, 6.07) is 5.96. The van der Waals surface area contributed by atoms with E-state index in [0.717, 1.165) is 53.9 Å². The zero-order chi connectivity index (χ0) is 25.5.